The van der Waals surface area contributed by atoms with E-state index in [9.17, 15) is 9.90 Å². The summed E-state index contributed by atoms with van der Waals surface area (Å²) in [6, 6.07) is 6.61. The van der Waals surface area contributed by atoms with E-state index >= 15 is 0 Å². The molecule has 1 aliphatic heterocycles. The van der Waals surface area contributed by atoms with Crippen LogP contribution in [-0.4, -0.2) is 41.7 Å². The molecule has 0 bridgehead atoms. The maximum absolute atomic E-state index is 11.2. The number of ether oxygens (including phenoxy) is 1. The van der Waals surface area contributed by atoms with Gasteiger partial charge in [-0.25, -0.2) is 0 Å². The second-order valence-corrected chi connectivity index (χ2v) is 8.48. The van der Waals surface area contributed by atoms with Crippen LogP contribution >= 0.6 is 0 Å². The standard InChI is InChI=1S/C23H31NO3/c1-16-18(14-24-12-11-19(15-24)23(25)26)8-7-17-13-21(9-10-22(16)17)27-20-5-3-2-4-6-20/h9-10,13,19-20H,2-8,11-12,14-15H2,1H3,(H,25,26)/t19-/m0/s1. The lowest BCUT2D eigenvalue weighted by atomic mass is 9.86. The molecule has 4 rings (SSSR count). The minimum absolute atomic E-state index is 0.193. The molecule has 1 atom stereocenters. The van der Waals surface area contributed by atoms with E-state index in [4.69, 9.17) is 4.74 Å². The van der Waals surface area contributed by atoms with Crippen LogP contribution in [0.25, 0.3) is 5.57 Å². The molecule has 0 spiro atoms. The number of likely N-dealkylation sites (tertiary alicyclic amines) is 1. The molecule has 2 fully saturated rings. The smallest absolute Gasteiger partial charge is 0.307 e. The quantitative estimate of drug-likeness (QED) is 0.829. The molecule has 1 saturated carbocycles. The fourth-order valence-corrected chi connectivity index (χ4v) is 4.90. The van der Waals surface area contributed by atoms with Gasteiger partial charge in [0.15, 0.2) is 0 Å². The summed E-state index contributed by atoms with van der Waals surface area (Å²) in [4.78, 5) is 13.5. The van der Waals surface area contributed by atoms with Crippen LogP contribution in [0.5, 0.6) is 5.75 Å². The largest absolute Gasteiger partial charge is 0.490 e. The number of aryl methyl sites for hydroxylation is 1. The van der Waals surface area contributed by atoms with Gasteiger partial charge in [-0.15, -0.1) is 0 Å². The number of benzene rings is 1. The Balaban J connectivity index is 1.43. The van der Waals surface area contributed by atoms with Gasteiger partial charge in [0.25, 0.3) is 0 Å². The van der Waals surface area contributed by atoms with Crippen LogP contribution in [-0.2, 0) is 11.2 Å². The van der Waals surface area contributed by atoms with Crippen molar-refractivity contribution in [3.8, 4) is 5.75 Å². The molecule has 1 N–H and O–H groups in total. The van der Waals surface area contributed by atoms with E-state index in [0.717, 1.165) is 38.1 Å². The summed E-state index contributed by atoms with van der Waals surface area (Å²) in [5.74, 6) is 0.185. The molecule has 146 valence electrons. The molecule has 0 aromatic heterocycles. The van der Waals surface area contributed by atoms with Crippen LogP contribution in [0.15, 0.2) is 23.8 Å². The number of carbonyl (C=O) groups is 1. The molecular weight excluding hydrogens is 338 g/mol. The fraction of sp³-hybridized carbons (Fsp3) is 0.609. The average molecular weight is 370 g/mol. The lowest BCUT2D eigenvalue weighted by Gasteiger charge is -2.27. The molecule has 1 aromatic rings. The van der Waals surface area contributed by atoms with E-state index in [2.05, 4.69) is 30.0 Å². The van der Waals surface area contributed by atoms with Crippen molar-refractivity contribution in [3.63, 3.8) is 0 Å². The van der Waals surface area contributed by atoms with Crippen LogP contribution in [0.1, 0.15) is 63.0 Å². The Hall–Kier alpha value is -1.81. The lowest BCUT2D eigenvalue weighted by molar-refractivity contribution is -0.141. The van der Waals surface area contributed by atoms with Gasteiger partial charge in [0, 0.05) is 13.1 Å². The van der Waals surface area contributed by atoms with Crippen LogP contribution < -0.4 is 4.74 Å². The Morgan fingerprint density at radius 2 is 2.00 bits per heavy atom. The van der Waals surface area contributed by atoms with Gasteiger partial charge < -0.3 is 9.84 Å². The first-order valence-electron chi connectivity index (χ1n) is 10.5. The van der Waals surface area contributed by atoms with E-state index in [1.807, 2.05) is 0 Å². The highest BCUT2D eigenvalue weighted by Gasteiger charge is 2.29. The highest BCUT2D eigenvalue weighted by Crippen LogP contribution is 2.35. The van der Waals surface area contributed by atoms with Gasteiger partial charge in [-0.3, -0.25) is 9.69 Å². The van der Waals surface area contributed by atoms with E-state index in [1.165, 1.54) is 54.4 Å². The normalized spacial score (nSPS) is 24.1. The summed E-state index contributed by atoms with van der Waals surface area (Å²) in [6.45, 7) is 4.72. The molecule has 1 heterocycles. The maximum atomic E-state index is 11.2. The van der Waals surface area contributed by atoms with Crippen LogP contribution in [0.4, 0.5) is 0 Å². The molecule has 27 heavy (non-hydrogen) atoms. The number of carboxylic acid groups (broad SMARTS) is 1. The lowest BCUT2D eigenvalue weighted by Crippen LogP contribution is -2.26. The Bertz CT molecular complexity index is 733. The van der Waals surface area contributed by atoms with E-state index < -0.39 is 5.97 Å². The number of hydrogen-bond donors (Lipinski definition) is 1. The number of fused-ring (bicyclic) bond motifs is 1. The third-order valence-corrected chi connectivity index (χ3v) is 6.60. The SMILES string of the molecule is CC1=C(CN2CC[C@H](C(=O)O)C2)CCc2cc(OC3CCCCC3)ccc21. The predicted molar refractivity (Wildman–Crippen MR) is 107 cm³/mol. The molecule has 3 aliphatic rings. The molecule has 1 aromatic carbocycles. The monoisotopic (exact) mass is 369 g/mol. The van der Waals surface area contributed by atoms with Crippen molar-refractivity contribution in [2.24, 2.45) is 5.92 Å². The molecular formula is C23H31NO3. The number of allylic oxidation sites excluding steroid dienone is 1. The highest BCUT2D eigenvalue weighted by molar-refractivity contribution is 5.73. The molecule has 4 heteroatoms. The van der Waals surface area contributed by atoms with Gasteiger partial charge in [0.05, 0.1) is 12.0 Å². The zero-order valence-electron chi connectivity index (χ0n) is 16.4. The van der Waals surface area contributed by atoms with Crippen molar-refractivity contribution in [2.45, 2.75) is 64.4 Å². The number of nitrogens with zero attached hydrogens (tertiary/aromatic N) is 1. The molecule has 4 nitrogen and oxygen atoms in total. The van der Waals surface area contributed by atoms with E-state index in [1.54, 1.807) is 0 Å². The summed E-state index contributed by atoms with van der Waals surface area (Å²) in [5.41, 5.74) is 5.59. The predicted octanol–water partition coefficient (Wildman–Crippen LogP) is 4.52. The fourth-order valence-electron chi connectivity index (χ4n) is 4.90. The number of rotatable bonds is 5. The first-order chi connectivity index (χ1) is 13.1. The first kappa shape index (κ1) is 18.5. The summed E-state index contributed by atoms with van der Waals surface area (Å²) in [7, 11) is 0. The maximum Gasteiger partial charge on any atom is 0.307 e. The topological polar surface area (TPSA) is 49.8 Å². The van der Waals surface area contributed by atoms with Gasteiger partial charge in [0.1, 0.15) is 5.75 Å². The van der Waals surface area contributed by atoms with Gasteiger partial charge >= 0.3 is 5.97 Å². The summed E-state index contributed by atoms with van der Waals surface area (Å²) < 4.78 is 6.25. The Morgan fingerprint density at radius 1 is 1.19 bits per heavy atom. The second-order valence-electron chi connectivity index (χ2n) is 8.48. The van der Waals surface area contributed by atoms with Crippen molar-refractivity contribution >= 4 is 11.5 Å². The zero-order valence-corrected chi connectivity index (χ0v) is 16.4. The van der Waals surface area contributed by atoms with Crippen molar-refractivity contribution in [1.29, 1.82) is 0 Å². The second kappa shape index (κ2) is 8.05. The number of aliphatic carboxylic acids is 1. The first-order valence-corrected chi connectivity index (χ1v) is 10.5. The van der Waals surface area contributed by atoms with Gasteiger partial charge in [-0.2, -0.15) is 0 Å². The Morgan fingerprint density at radius 3 is 2.74 bits per heavy atom. The summed E-state index contributed by atoms with van der Waals surface area (Å²) >= 11 is 0. The van der Waals surface area contributed by atoms with E-state index in [-0.39, 0.29) is 5.92 Å². The third-order valence-electron chi connectivity index (χ3n) is 6.60. The van der Waals surface area contributed by atoms with Gasteiger partial charge in [0.2, 0.25) is 0 Å². The van der Waals surface area contributed by atoms with Crippen molar-refractivity contribution < 1.29 is 14.6 Å². The average Bonchev–Trinajstić information content (AvgIpc) is 3.14. The van der Waals surface area contributed by atoms with Gasteiger partial charge in [-0.1, -0.05) is 18.1 Å². The number of carboxylic acids is 1. The van der Waals surface area contributed by atoms with Crippen LogP contribution in [0.3, 0.4) is 0 Å². The zero-order chi connectivity index (χ0) is 18.8. The van der Waals surface area contributed by atoms with Crippen LogP contribution in [0, 0.1) is 5.92 Å². The van der Waals surface area contributed by atoms with Crippen molar-refractivity contribution in [2.75, 3.05) is 19.6 Å². The van der Waals surface area contributed by atoms with E-state index in [0.29, 0.717) is 12.6 Å². The molecule has 0 unspecified atom stereocenters. The summed E-state index contributed by atoms with van der Waals surface area (Å²) in [6.07, 6.45) is 9.60. The summed E-state index contributed by atoms with van der Waals surface area (Å²) in [5, 5.41) is 9.21. The molecule has 2 aliphatic carbocycles. The minimum atomic E-state index is -0.650. The molecule has 0 amide bonds. The third kappa shape index (κ3) is 4.21. The minimum Gasteiger partial charge on any atom is -0.490 e. The molecule has 0 radical (unpaired) electrons. The highest BCUT2D eigenvalue weighted by atomic mass is 16.5. The van der Waals surface area contributed by atoms with Crippen molar-refractivity contribution in [1.82, 2.24) is 4.90 Å². The van der Waals surface area contributed by atoms with Gasteiger partial charge in [-0.05, 0) is 87.2 Å². The Kier molecular flexibility index (Phi) is 5.53. The van der Waals surface area contributed by atoms with Crippen molar-refractivity contribution in [3.05, 3.63) is 34.9 Å². The molecule has 1 saturated heterocycles. The number of hydrogen-bond acceptors (Lipinski definition) is 3. The Labute approximate surface area is 162 Å². The van der Waals surface area contributed by atoms with Crippen LogP contribution in [0.2, 0.25) is 0 Å².